The van der Waals surface area contributed by atoms with Crippen LogP contribution >= 0.6 is 0 Å². The Morgan fingerprint density at radius 3 is 2.13 bits per heavy atom. The Balaban J connectivity index is 2.12. The minimum Gasteiger partial charge on any atom is -0.353 e. The Kier molecular flexibility index (Phi) is 5.74. The Bertz CT molecular complexity index is 519. The van der Waals surface area contributed by atoms with Crippen LogP contribution in [0.15, 0.2) is 0 Å². The van der Waals surface area contributed by atoms with Crippen LogP contribution in [-0.2, 0) is 14.6 Å². The van der Waals surface area contributed by atoms with Gasteiger partial charge in [0.1, 0.15) is 0 Å². The number of nitrogens with zero attached hydrogens (tertiary/aromatic N) is 1. The van der Waals surface area contributed by atoms with E-state index < -0.39 is 14.6 Å². The zero-order valence-corrected chi connectivity index (χ0v) is 15.5. The summed E-state index contributed by atoms with van der Waals surface area (Å²) in [5.74, 6) is -0.312. The van der Waals surface area contributed by atoms with Gasteiger partial charge in [-0.3, -0.25) is 4.79 Å². The average molecular weight is 346 g/mol. The monoisotopic (exact) mass is 345 g/mol. The summed E-state index contributed by atoms with van der Waals surface area (Å²) in [6.07, 6.45) is 7.56. The molecule has 1 saturated carbocycles. The molecule has 0 radical (unpaired) electrons. The molecular weight excluding hydrogens is 314 g/mol. The van der Waals surface area contributed by atoms with E-state index in [1.54, 1.807) is 0 Å². The van der Waals surface area contributed by atoms with Crippen LogP contribution < -0.4 is 10.6 Å². The molecule has 2 aliphatic rings. The Labute approximate surface area is 140 Å². The topological polar surface area (TPSA) is 78.5 Å². The highest BCUT2D eigenvalue weighted by molar-refractivity contribution is 7.92. The molecule has 1 aliphatic heterocycles. The fraction of sp³-hybridized carbons (Fsp3) is 0.938. The summed E-state index contributed by atoms with van der Waals surface area (Å²) in [6.45, 7) is 1.67. The molecule has 1 saturated heterocycles. The van der Waals surface area contributed by atoms with Gasteiger partial charge in [-0.2, -0.15) is 0 Å². The van der Waals surface area contributed by atoms with E-state index in [0.29, 0.717) is 32.5 Å². The molecule has 134 valence electrons. The quantitative estimate of drug-likeness (QED) is 0.760. The second kappa shape index (κ2) is 7.07. The molecule has 0 bridgehead atoms. The lowest BCUT2D eigenvalue weighted by Crippen LogP contribution is -2.61. The standard InChI is InChI=1S/C16H31N3O3S/c1-19(2)15(7-5-4-6-8-15)13-18-14(20)16(23(3,21)22)9-11-17-12-10-16/h17H,4-13H2,1-3H3,(H,18,20). The van der Waals surface area contributed by atoms with Crippen LogP contribution in [0.1, 0.15) is 44.9 Å². The highest BCUT2D eigenvalue weighted by Gasteiger charge is 2.49. The predicted octanol–water partition coefficient (Wildman–Crippen LogP) is 0.534. The van der Waals surface area contributed by atoms with E-state index >= 15 is 0 Å². The van der Waals surface area contributed by atoms with Crippen molar-refractivity contribution in [1.82, 2.24) is 15.5 Å². The third-order valence-electron chi connectivity index (χ3n) is 5.85. The minimum atomic E-state index is -3.45. The lowest BCUT2D eigenvalue weighted by atomic mass is 9.80. The SMILES string of the molecule is CN(C)C1(CNC(=O)C2(S(C)(=O)=O)CCNCC2)CCCCC1. The van der Waals surface area contributed by atoms with Crippen molar-refractivity contribution in [2.24, 2.45) is 0 Å². The van der Waals surface area contributed by atoms with Gasteiger partial charge in [-0.05, 0) is 52.9 Å². The second-order valence-corrected chi connectivity index (χ2v) is 9.70. The van der Waals surface area contributed by atoms with Crippen molar-refractivity contribution in [1.29, 1.82) is 0 Å². The van der Waals surface area contributed by atoms with E-state index in [-0.39, 0.29) is 11.4 Å². The van der Waals surface area contributed by atoms with Crippen molar-refractivity contribution in [2.45, 2.75) is 55.2 Å². The maximum absolute atomic E-state index is 12.8. The van der Waals surface area contributed by atoms with Crippen molar-refractivity contribution in [3.8, 4) is 0 Å². The highest BCUT2D eigenvalue weighted by Crippen LogP contribution is 2.33. The number of nitrogens with one attached hydrogen (secondary N) is 2. The van der Waals surface area contributed by atoms with Crippen LogP contribution in [0.3, 0.4) is 0 Å². The van der Waals surface area contributed by atoms with Gasteiger partial charge in [-0.1, -0.05) is 19.3 Å². The van der Waals surface area contributed by atoms with Crippen LogP contribution in [0.25, 0.3) is 0 Å². The van der Waals surface area contributed by atoms with Gasteiger partial charge in [-0.15, -0.1) is 0 Å². The summed E-state index contributed by atoms with van der Waals surface area (Å²) in [5.41, 5.74) is -0.0421. The van der Waals surface area contributed by atoms with E-state index in [2.05, 4.69) is 15.5 Å². The molecule has 6 nitrogen and oxygen atoms in total. The number of sulfone groups is 1. The zero-order chi connectivity index (χ0) is 17.1. The van der Waals surface area contributed by atoms with Gasteiger partial charge in [0, 0.05) is 18.3 Å². The number of carbonyl (C=O) groups is 1. The van der Waals surface area contributed by atoms with E-state index in [9.17, 15) is 13.2 Å². The third kappa shape index (κ3) is 3.72. The molecular formula is C16H31N3O3S. The Morgan fingerprint density at radius 2 is 1.65 bits per heavy atom. The predicted molar refractivity (Wildman–Crippen MR) is 92.2 cm³/mol. The van der Waals surface area contributed by atoms with E-state index in [4.69, 9.17) is 0 Å². The third-order valence-corrected chi connectivity index (χ3v) is 7.86. The molecule has 0 aromatic heterocycles. The van der Waals surface area contributed by atoms with E-state index in [1.807, 2.05) is 14.1 Å². The Morgan fingerprint density at radius 1 is 1.09 bits per heavy atom. The van der Waals surface area contributed by atoms with Gasteiger partial charge >= 0.3 is 0 Å². The number of hydrogen-bond acceptors (Lipinski definition) is 5. The van der Waals surface area contributed by atoms with Crippen molar-refractivity contribution in [3.63, 3.8) is 0 Å². The summed E-state index contributed by atoms with van der Waals surface area (Å²) in [4.78, 5) is 15.0. The molecule has 0 unspecified atom stereocenters. The lowest BCUT2D eigenvalue weighted by molar-refractivity contribution is -0.125. The second-order valence-electron chi connectivity index (χ2n) is 7.38. The largest absolute Gasteiger partial charge is 0.353 e. The number of likely N-dealkylation sites (N-methyl/N-ethyl adjacent to an activating group) is 1. The fourth-order valence-corrected chi connectivity index (χ4v) is 5.35. The number of carbonyl (C=O) groups excluding carboxylic acids is 1. The smallest absolute Gasteiger partial charge is 0.241 e. The van der Waals surface area contributed by atoms with Crippen LogP contribution in [0.4, 0.5) is 0 Å². The first-order chi connectivity index (χ1) is 10.7. The number of piperidine rings is 1. The van der Waals surface area contributed by atoms with Gasteiger partial charge in [0.15, 0.2) is 14.6 Å². The fourth-order valence-electron chi connectivity index (χ4n) is 3.99. The number of amides is 1. The first-order valence-corrected chi connectivity index (χ1v) is 10.5. The maximum atomic E-state index is 12.8. The van der Waals surface area contributed by atoms with Crippen molar-refractivity contribution >= 4 is 15.7 Å². The molecule has 0 atom stereocenters. The van der Waals surface area contributed by atoms with Crippen molar-refractivity contribution in [3.05, 3.63) is 0 Å². The number of hydrogen-bond donors (Lipinski definition) is 2. The molecule has 0 aromatic carbocycles. The van der Waals surface area contributed by atoms with Crippen LogP contribution in [0.5, 0.6) is 0 Å². The first kappa shape index (κ1) is 18.7. The molecule has 2 fully saturated rings. The number of rotatable bonds is 5. The van der Waals surface area contributed by atoms with Crippen molar-refractivity contribution < 1.29 is 13.2 Å². The summed E-state index contributed by atoms with van der Waals surface area (Å²) >= 11 is 0. The molecule has 1 heterocycles. The van der Waals surface area contributed by atoms with Gasteiger partial charge < -0.3 is 15.5 Å². The van der Waals surface area contributed by atoms with Gasteiger partial charge in [0.2, 0.25) is 5.91 Å². The summed E-state index contributed by atoms with van der Waals surface area (Å²) in [7, 11) is 0.655. The molecule has 7 heteroatoms. The first-order valence-electron chi connectivity index (χ1n) is 8.60. The zero-order valence-electron chi connectivity index (χ0n) is 14.7. The molecule has 1 amide bonds. The van der Waals surface area contributed by atoms with Crippen LogP contribution in [0, 0.1) is 0 Å². The average Bonchev–Trinajstić information content (AvgIpc) is 2.53. The summed E-state index contributed by atoms with van der Waals surface area (Å²) in [6, 6.07) is 0. The van der Waals surface area contributed by atoms with Crippen molar-refractivity contribution in [2.75, 3.05) is 40.0 Å². The molecule has 23 heavy (non-hydrogen) atoms. The molecule has 2 N–H and O–H groups in total. The lowest BCUT2D eigenvalue weighted by Gasteiger charge is -2.44. The van der Waals surface area contributed by atoms with E-state index in [1.165, 1.54) is 12.7 Å². The molecule has 0 aromatic rings. The van der Waals surface area contributed by atoms with E-state index in [0.717, 1.165) is 25.7 Å². The van der Waals surface area contributed by atoms with Gasteiger partial charge in [-0.25, -0.2) is 8.42 Å². The highest BCUT2D eigenvalue weighted by atomic mass is 32.2. The summed E-state index contributed by atoms with van der Waals surface area (Å²) in [5, 5.41) is 6.15. The van der Waals surface area contributed by atoms with Gasteiger partial charge in [0.05, 0.1) is 0 Å². The minimum absolute atomic E-state index is 0.0421. The van der Waals surface area contributed by atoms with Crippen LogP contribution in [-0.4, -0.2) is 69.5 Å². The Hall–Kier alpha value is -0.660. The molecule has 2 rings (SSSR count). The van der Waals surface area contributed by atoms with Crippen LogP contribution in [0.2, 0.25) is 0 Å². The molecule has 0 spiro atoms. The summed E-state index contributed by atoms with van der Waals surface area (Å²) < 4.78 is 23.4. The van der Waals surface area contributed by atoms with Gasteiger partial charge in [0.25, 0.3) is 0 Å². The molecule has 1 aliphatic carbocycles. The maximum Gasteiger partial charge on any atom is 0.241 e. The normalized spacial score (nSPS) is 24.3.